The molecule has 0 heterocycles. The van der Waals surface area contributed by atoms with E-state index in [4.69, 9.17) is 10.5 Å². The monoisotopic (exact) mass is 300 g/mol. The van der Waals surface area contributed by atoms with Crippen molar-refractivity contribution in [2.45, 2.75) is 32.4 Å². The van der Waals surface area contributed by atoms with E-state index < -0.39 is 5.54 Å². The second-order valence-corrected chi connectivity index (χ2v) is 5.53. The summed E-state index contributed by atoms with van der Waals surface area (Å²) in [5.74, 6) is -0.350. The first-order valence-electron chi connectivity index (χ1n) is 6.49. The molecule has 0 aromatic heterocycles. The fourth-order valence-electron chi connectivity index (χ4n) is 1.97. The van der Waals surface area contributed by atoms with Crippen molar-refractivity contribution in [1.82, 2.24) is 5.32 Å². The molecule has 1 aromatic rings. The van der Waals surface area contributed by atoms with Crippen molar-refractivity contribution >= 4 is 18.3 Å². The van der Waals surface area contributed by atoms with Crippen LogP contribution >= 0.6 is 12.4 Å². The van der Waals surface area contributed by atoms with Gasteiger partial charge >= 0.3 is 0 Å². The van der Waals surface area contributed by atoms with E-state index >= 15 is 0 Å². The Bertz CT molecular complexity index is 410. The van der Waals surface area contributed by atoms with E-state index in [1.165, 1.54) is 0 Å². The lowest BCUT2D eigenvalue weighted by molar-refractivity contribution is -0.127. The van der Waals surface area contributed by atoms with Gasteiger partial charge in [-0.15, -0.1) is 12.4 Å². The first-order chi connectivity index (χ1) is 8.87. The van der Waals surface area contributed by atoms with Crippen molar-refractivity contribution < 1.29 is 9.53 Å². The maximum absolute atomic E-state index is 12.2. The molecule has 3 N–H and O–H groups in total. The average Bonchev–Trinajstić information content (AvgIpc) is 2.37. The Labute approximate surface area is 127 Å². The molecule has 2 unspecified atom stereocenters. The highest BCUT2D eigenvalue weighted by molar-refractivity contribution is 5.85. The Morgan fingerprint density at radius 1 is 1.35 bits per heavy atom. The van der Waals surface area contributed by atoms with Gasteiger partial charge in [-0.3, -0.25) is 4.79 Å². The number of hydrogen-bond donors (Lipinski definition) is 2. The molecule has 1 rings (SSSR count). The Kier molecular flexibility index (Phi) is 7.79. The lowest BCUT2D eigenvalue weighted by Gasteiger charge is -2.29. The normalized spacial score (nSPS) is 14.1. The molecule has 0 bridgehead atoms. The van der Waals surface area contributed by atoms with Gasteiger partial charge in [-0.25, -0.2) is 0 Å². The number of benzene rings is 1. The van der Waals surface area contributed by atoms with Crippen molar-refractivity contribution in [2.75, 3.05) is 13.7 Å². The van der Waals surface area contributed by atoms with Gasteiger partial charge in [-0.1, -0.05) is 37.3 Å². The van der Waals surface area contributed by atoms with Gasteiger partial charge in [0.1, 0.15) is 0 Å². The molecule has 0 aliphatic heterocycles. The molecule has 20 heavy (non-hydrogen) atoms. The number of amides is 1. The molecule has 0 saturated carbocycles. The maximum Gasteiger partial charge on any atom is 0.225 e. The van der Waals surface area contributed by atoms with Crippen LogP contribution in [0.4, 0.5) is 0 Å². The minimum Gasteiger partial charge on any atom is -0.382 e. The van der Waals surface area contributed by atoms with Gasteiger partial charge < -0.3 is 15.8 Å². The van der Waals surface area contributed by atoms with E-state index in [1.807, 2.05) is 51.1 Å². The van der Waals surface area contributed by atoms with Gasteiger partial charge in [0, 0.05) is 13.2 Å². The highest BCUT2D eigenvalue weighted by Gasteiger charge is 2.27. The standard InChI is InChI=1S/C15H24N2O2.ClH/c1-11(13(16)12-8-6-5-7-9-12)14(18)17-15(2,3)10-19-4;/h5-9,11,13H,10,16H2,1-4H3,(H,17,18);1H. The summed E-state index contributed by atoms with van der Waals surface area (Å²) in [5, 5.41) is 2.96. The van der Waals surface area contributed by atoms with E-state index in [9.17, 15) is 4.79 Å². The van der Waals surface area contributed by atoms with Gasteiger partial charge in [0.2, 0.25) is 5.91 Å². The summed E-state index contributed by atoms with van der Waals surface area (Å²) in [6.45, 7) is 6.16. The zero-order chi connectivity index (χ0) is 14.5. The molecule has 0 saturated heterocycles. The fraction of sp³-hybridized carbons (Fsp3) is 0.533. The third-order valence-electron chi connectivity index (χ3n) is 3.10. The molecule has 0 fully saturated rings. The molecule has 0 aliphatic rings. The number of halogens is 1. The molecular formula is C15H25ClN2O2. The lowest BCUT2D eigenvalue weighted by Crippen LogP contribution is -2.50. The van der Waals surface area contributed by atoms with Gasteiger partial charge in [0.25, 0.3) is 0 Å². The minimum absolute atomic E-state index is 0. The molecule has 2 atom stereocenters. The number of nitrogens with one attached hydrogen (secondary N) is 1. The largest absolute Gasteiger partial charge is 0.382 e. The number of rotatable bonds is 6. The van der Waals surface area contributed by atoms with Gasteiger partial charge in [0.05, 0.1) is 18.1 Å². The summed E-state index contributed by atoms with van der Waals surface area (Å²) >= 11 is 0. The Hall–Kier alpha value is -1.10. The summed E-state index contributed by atoms with van der Waals surface area (Å²) in [7, 11) is 1.62. The summed E-state index contributed by atoms with van der Waals surface area (Å²) in [6.07, 6.45) is 0. The van der Waals surface area contributed by atoms with Crippen molar-refractivity contribution in [3.8, 4) is 0 Å². The van der Waals surface area contributed by atoms with Crippen LogP contribution in [0.5, 0.6) is 0 Å². The highest BCUT2D eigenvalue weighted by Crippen LogP contribution is 2.20. The van der Waals surface area contributed by atoms with E-state index in [0.29, 0.717) is 6.61 Å². The van der Waals surface area contributed by atoms with Crippen LogP contribution in [0.3, 0.4) is 0 Å². The van der Waals surface area contributed by atoms with Gasteiger partial charge in [0.15, 0.2) is 0 Å². The number of hydrogen-bond acceptors (Lipinski definition) is 3. The molecule has 0 spiro atoms. The summed E-state index contributed by atoms with van der Waals surface area (Å²) in [6, 6.07) is 9.36. The maximum atomic E-state index is 12.2. The Morgan fingerprint density at radius 3 is 2.40 bits per heavy atom. The van der Waals surface area contributed by atoms with E-state index in [1.54, 1.807) is 7.11 Å². The molecule has 5 heteroatoms. The van der Waals surface area contributed by atoms with Gasteiger partial charge in [-0.2, -0.15) is 0 Å². The summed E-state index contributed by atoms with van der Waals surface area (Å²) in [5.41, 5.74) is 6.72. The number of ether oxygens (including phenoxy) is 1. The quantitative estimate of drug-likeness (QED) is 0.847. The average molecular weight is 301 g/mol. The minimum atomic E-state index is -0.392. The second kappa shape index (κ2) is 8.25. The van der Waals surface area contributed by atoms with Crippen LogP contribution in [-0.4, -0.2) is 25.2 Å². The van der Waals surface area contributed by atoms with Crippen LogP contribution in [0.25, 0.3) is 0 Å². The first-order valence-corrected chi connectivity index (χ1v) is 6.49. The number of carbonyl (C=O) groups is 1. The number of carbonyl (C=O) groups excluding carboxylic acids is 1. The Morgan fingerprint density at radius 2 is 1.90 bits per heavy atom. The van der Waals surface area contributed by atoms with Crippen LogP contribution in [0, 0.1) is 5.92 Å². The van der Waals surface area contributed by atoms with Crippen LogP contribution in [-0.2, 0) is 9.53 Å². The van der Waals surface area contributed by atoms with Crippen LogP contribution in [0.2, 0.25) is 0 Å². The zero-order valence-corrected chi connectivity index (χ0v) is 13.4. The molecule has 114 valence electrons. The van der Waals surface area contributed by atoms with Crippen LogP contribution in [0.1, 0.15) is 32.4 Å². The summed E-state index contributed by atoms with van der Waals surface area (Å²) < 4.78 is 5.09. The predicted molar refractivity (Wildman–Crippen MR) is 83.9 cm³/mol. The van der Waals surface area contributed by atoms with Crippen molar-refractivity contribution in [2.24, 2.45) is 11.7 Å². The van der Waals surface area contributed by atoms with Crippen molar-refractivity contribution in [3.63, 3.8) is 0 Å². The van der Waals surface area contributed by atoms with Crippen LogP contribution in [0.15, 0.2) is 30.3 Å². The SMILES string of the molecule is COCC(C)(C)NC(=O)C(C)C(N)c1ccccc1.Cl. The zero-order valence-electron chi connectivity index (χ0n) is 12.6. The third kappa shape index (κ3) is 5.49. The number of nitrogens with two attached hydrogens (primary N) is 1. The molecule has 1 amide bonds. The molecule has 0 radical (unpaired) electrons. The predicted octanol–water partition coefficient (Wildman–Crippen LogP) is 2.29. The van der Waals surface area contributed by atoms with E-state index in [-0.39, 0.29) is 30.3 Å². The van der Waals surface area contributed by atoms with E-state index in [2.05, 4.69) is 5.32 Å². The topological polar surface area (TPSA) is 64.3 Å². The molecule has 0 aliphatic carbocycles. The fourth-order valence-corrected chi connectivity index (χ4v) is 1.97. The van der Waals surface area contributed by atoms with Gasteiger partial charge in [-0.05, 0) is 19.4 Å². The number of methoxy groups -OCH3 is 1. The smallest absolute Gasteiger partial charge is 0.225 e. The third-order valence-corrected chi connectivity index (χ3v) is 3.10. The molecular weight excluding hydrogens is 276 g/mol. The summed E-state index contributed by atoms with van der Waals surface area (Å²) in [4.78, 5) is 12.2. The molecule has 1 aromatic carbocycles. The first kappa shape index (κ1) is 18.9. The molecule has 4 nitrogen and oxygen atoms in total. The van der Waals surface area contributed by atoms with Crippen molar-refractivity contribution in [3.05, 3.63) is 35.9 Å². The highest BCUT2D eigenvalue weighted by atomic mass is 35.5. The van der Waals surface area contributed by atoms with Crippen LogP contribution < -0.4 is 11.1 Å². The Balaban J connectivity index is 0.00000361. The lowest BCUT2D eigenvalue weighted by atomic mass is 9.93. The van der Waals surface area contributed by atoms with Crippen molar-refractivity contribution in [1.29, 1.82) is 0 Å². The van der Waals surface area contributed by atoms with E-state index in [0.717, 1.165) is 5.56 Å². The second-order valence-electron chi connectivity index (χ2n) is 5.53.